The first-order chi connectivity index (χ1) is 6.85. The van der Waals surface area contributed by atoms with Crippen LogP contribution >= 0.6 is 0 Å². The summed E-state index contributed by atoms with van der Waals surface area (Å²) in [6.07, 6.45) is 4.00. The van der Waals surface area contributed by atoms with Gasteiger partial charge in [0.15, 0.2) is 0 Å². The predicted octanol–water partition coefficient (Wildman–Crippen LogP) is 0.708. The number of hydrogen-bond donors (Lipinski definition) is 1. The van der Waals surface area contributed by atoms with Crippen molar-refractivity contribution in [1.29, 1.82) is 0 Å². The highest BCUT2D eigenvalue weighted by atomic mass is 16.5. The summed E-state index contributed by atoms with van der Waals surface area (Å²) in [4.78, 5) is 2.61. The molecule has 1 N–H and O–H groups in total. The van der Waals surface area contributed by atoms with E-state index in [0.717, 1.165) is 6.61 Å². The van der Waals surface area contributed by atoms with E-state index < -0.39 is 0 Å². The highest BCUT2D eigenvalue weighted by molar-refractivity contribution is 4.96. The van der Waals surface area contributed by atoms with Crippen molar-refractivity contribution in [3.63, 3.8) is 0 Å². The van der Waals surface area contributed by atoms with Crippen LogP contribution in [-0.2, 0) is 4.74 Å². The lowest BCUT2D eigenvalue weighted by molar-refractivity contribution is 0.0372. The molecule has 3 nitrogen and oxygen atoms in total. The number of rotatable bonds is 4. The van der Waals surface area contributed by atoms with Crippen molar-refractivity contribution in [3.05, 3.63) is 0 Å². The molecule has 2 aliphatic heterocycles. The van der Waals surface area contributed by atoms with Gasteiger partial charge < -0.3 is 15.0 Å². The van der Waals surface area contributed by atoms with Crippen LogP contribution in [0.5, 0.6) is 0 Å². The second-order valence-electron chi connectivity index (χ2n) is 4.83. The van der Waals surface area contributed by atoms with E-state index >= 15 is 0 Å². The first-order valence-electron chi connectivity index (χ1n) is 5.77. The molecule has 14 heavy (non-hydrogen) atoms. The summed E-state index contributed by atoms with van der Waals surface area (Å²) in [5.74, 6) is 0. The Hall–Kier alpha value is -0.120. The molecule has 0 aliphatic carbocycles. The minimum absolute atomic E-state index is 0.644. The number of hydrogen-bond acceptors (Lipinski definition) is 3. The van der Waals surface area contributed by atoms with Crippen LogP contribution in [0.3, 0.4) is 0 Å². The molecule has 2 fully saturated rings. The highest BCUT2D eigenvalue weighted by Gasteiger charge is 2.40. The zero-order valence-corrected chi connectivity index (χ0v) is 9.22. The molecule has 0 saturated carbocycles. The van der Waals surface area contributed by atoms with E-state index in [-0.39, 0.29) is 0 Å². The van der Waals surface area contributed by atoms with Crippen molar-refractivity contribution in [1.82, 2.24) is 10.2 Å². The molecule has 2 saturated heterocycles. The maximum absolute atomic E-state index is 5.09. The van der Waals surface area contributed by atoms with Crippen LogP contribution < -0.4 is 5.32 Å². The van der Waals surface area contributed by atoms with E-state index in [1.165, 1.54) is 52.0 Å². The van der Waals surface area contributed by atoms with E-state index in [4.69, 9.17) is 4.74 Å². The molecular weight excluding hydrogens is 176 g/mol. The van der Waals surface area contributed by atoms with Crippen LogP contribution in [0.2, 0.25) is 0 Å². The summed E-state index contributed by atoms with van der Waals surface area (Å²) in [5, 5.41) is 3.41. The SMILES string of the molecule is COCCCN1CCCC2(CNC2)C1. The maximum atomic E-state index is 5.09. The van der Waals surface area contributed by atoms with Crippen LogP contribution in [0, 0.1) is 5.41 Å². The topological polar surface area (TPSA) is 24.5 Å². The zero-order valence-electron chi connectivity index (χ0n) is 9.22. The van der Waals surface area contributed by atoms with Crippen LogP contribution in [0.4, 0.5) is 0 Å². The molecule has 0 atom stereocenters. The van der Waals surface area contributed by atoms with Crippen molar-refractivity contribution in [2.24, 2.45) is 5.41 Å². The molecule has 2 rings (SSSR count). The Balaban J connectivity index is 1.71. The van der Waals surface area contributed by atoms with Gasteiger partial charge in [0, 0.05) is 45.3 Å². The Labute approximate surface area is 86.8 Å². The second-order valence-corrected chi connectivity index (χ2v) is 4.83. The van der Waals surface area contributed by atoms with Gasteiger partial charge in [0.1, 0.15) is 0 Å². The van der Waals surface area contributed by atoms with Crippen LogP contribution in [0.1, 0.15) is 19.3 Å². The van der Waals surface area contributed by atoms with E-state index in [9.17, 15) is 0 Å². The van der Waals surface area contributed by atoms with Crippen LogP contribution in [0.25, 0.3) is 0 Å². The van der Waals surface area contributed by atoms with Gasteiger partial charge in [-0.3, -0.25) is 0 Å². The fraction of sp³-hybridized carbons (Fsp3) is 1.00. The minimum Gasteiger partial charge on any atom is -0.385 e. The van der Waals surface area contributed by atoms with Crippen molar-refractivity contribution in [2.75, 3.05) is 46.4 Å². The molecule has 0 aromatic rings. The summed E-state index contributed by atoms with van der Waals surface area (Å²) in [7, 11) is 1.79. The number of nitrogens with zero attached hydrogens (tertiary/aromatic N) is 1. The fourth-order valence-corrected chi connectivity index (χ4v) is 2.70. The molecule has 0 aromatic carbocycles. The Morgan fingerprint density at radius 1 is 1.43 bits per heavy atom. The van der Waals surface area contributed by atoms with Crippen molar-refractivity contribution < 1.29 is 4.74 Å². The smallest absolute Gasteiger partial charge is 0.0474 e. The molecule has 2 aliphatic rings. The molecule has 3 heteroatoms. The quantitative estimate of drug-likeness (QED) is 0.673. The Kier molecular flexibility index (Phi) is 3.42. The fourth-order valence-electron chi connectivity index (χ4n) is 2.70. The van der Waals surface area contributed by atoms with Crippen LogP contribution in [-0.4, -0.2) is 51.3 Å². The minimum atomic E-state index is 0.644. The first-order valence-corrected chi connectivity index (χ1v) is 5.77. The number of likely N-dealkylation sites (tertiary alicyclic amines) is 1. The zero-order chi connectivity index (χ0) is 9.86. The van der Waals surface area contributed by atoms with E-state index in [0.29, 0.717) is 5.41 Å². The Morgan fingerprint density at radius 3 is 2.93 bits per heavy atom. The Bertz CT molecular complexity index is 180. The van der Waals surface area contributed by atoms with Gasteiger partial charge in [-0.1, -0.05) is 0 Å². The largest absolute Gasteiger partial charge is 0.385 e. The highest BCUT2D eigenvalue weighted by Crippen LogP contribution is 2.33. The molecule has 1 spiro atoms. The lowest BCUT2D eigenvalue weighted by Gasteiger charge is -2.49. The monoisotopic (exact) mass is 198 g/mol. The molecule has 0 radical (unpaired) electrons. The van der Waals surface area contributed by atoms with Gasteiger partial charge in [-0.2, -0.15) is 0 Å². The molecule has 0 unspecified atom stereocenters. The summed E-state index contributed by atoms with van der Waals surface area (Å²) >= 11 is 0. The summed E-state index contributed by atoms with van der Waals surface area (Å²) < 4.78 is 5.09. The third kappa shape index (κ3) is 2.27. The number of nitrogens with one attached hydrogen (secondary N) is 1. The normalized spacial score (nSPS) is 26.4. The Morgan fingerprint density at radius 2 is 2.29 bits per heavy atom. The van der Waals surface area contributed by atoms with E-state index in [1.807, 2.05) is 0 Å². The van der Waals surface area contributed by atoms with Gasteiger partial charge in [0.05, 0.1) is 0 Å². The lowest BCUT2D eigenvalue weighted by atomic mass is 9.75. The van der Waals surface area contributed by atoms with Gasteiger partial charge >= 0.3 is 0 Å². The molecule has 0 aromatic heterocycles. The molecule has 82 valence electrons. The summed E-state index contributed by atoms with van der Waals surface area (Å²) in [6.45, 7) is 7.22. The third-order valence-corrected chi connectivity index (χ3v) is 3.56. The lowest BCUT2D eigenvalue weighted by Crippen LogP contribution is -2.61. The molecule has 0 amide bonds. The van der Waals surface area contributed by atoms with Gasteiger partial charge in [0.2, 0.25) is 0 Å². The molecule has 0 bridgehead atoms. The average molecular weight is 198 g/mol. The first kappa shape index (κ1) is 10.4. The third-order valence-electron chi connectivity index (χ3n) is 3.56. The maximum Gasteiger partial charge on any atom is 0.0474 e. The predicted molar refractivity (Wildman–Crippen MR) is 57.5 cm³/mol. The van der Waals surface area contributed by atoms with Crippen molar-refractivity contribution in [2.45, 2.75) is 19.3 Å². The van der Waals surface area contributed by atoms with E-state index in [2.05, 4.69) is 10.2 Å². The van der Waals surface area contributed by atoms with Gasteiger partial charge in [-0.15, -0.1) is 0 Å². The summed E-state index contributed by atoms with van der Waals surface area (Å²) in [5.41, 5.74) is 0.644. The molecule has 2 heterocycles. The van der Waals surface area contributed by atoms with Crippen molar-refractivity contribution in [3.8, 4) is 0 Å². The van der Waals surface area contributed by atoms with Gasteiger partial charge in [0.25, 0.3) is 0 Å². The second kappa shape index (κ2) is 4.60. The van der Waals surface area contributed by atoms with Gasteiger partial charge in [-0.25, -0.2) is 0 Å². The van der Waals surface area contributed by atoms with Crippen molar-refractivity contribution >= 4 is 0 Å². The average Bonchev–Trinajstić information content (AvgIpc) is 2.17. The van der Waals surface area contributed by atoms with Gasteiger partial charge in [-0.05, 0) is 25.8 Å². The molecular formula is C11H22N2O. The van der Waals surface area contributed by atoms with E-state index in [1.54, 1.807) is 7.11 Å². The number of methoxy groups -OCH3 is 1. The van der Waals surface area contributed by atoms with Crippen LogP contribution in [0.15, 0.2) is 0 Å². The standard InChI is InChI=1S/C11H22N2O/c1-14-7-3-6-13-5-2-4-11(10-13)8-12-9-11/h12H,2-10H2,1H3. The summed E-state index contributed by atoms with van der Waals surface area (Å²) in [6, 6.07) is 0. The number of piperidine rings is 1. The number of ether oxygens (including phenoxy) is 1.